The van der Waals surface area contributed by atoms with Crippen molar-refractivity contribution in [3.05, 3.63) is 54.0 Å². The molecule has 3 aromatic heterocycles. The van der Waals surface area contributed by atoms with Gasteiger partial charge >= 0.3 is 0 Å². The molecule has 1 atom stereocenters. The lowest BCUT2D eigenvalue weighted by Crippen LogP contribution is -2.36. The molecule has 1 fully saturated rings. The Morgan fingerprint density at radius 2 is 1.85 bits per heavy atom. The summed E-state index contributed by atoms with van der Waals surface area (Å²) in [5.41, 5.74) is 5.69. The molecule has 1 aromatic carbocycles. The van der Waals surface area contributed by atoms with Gasteiger partial charge in [0.05, 0.1) is 24.6 Å². The number of ether oxygens (including phenoxy) is 1. The predicted octanol–water partition coefficient (Wildman–Crippen LogP) is 3.66. The summed E-state index contributed by atoms with van der Waals surface area (Å²) >= 11 is 0. The fraction of sp³-hybridized carbons (Fsp3) is 0.400. The Morgan fingerprint density at radius 1 is 1.06 bits per heavy atom. The quantitative estimate of drug-likeness (QED) is 0.504. The lowest BCUT2D eigenvalue weighted by atomic mass is 10.1. The van der Waals surface area contributed by atoms with Crippen molar-refractivity contribution in [1.82, 2.24) is 24.3 Å². The van der Waals surface area contributed by atoms with E-state index in [0.717, 1.165) is 47.0 Å². The average molecular weight is 447 g/mol. The molecule has 0 radical (unpaired) electrons. The van der Waals surface area contributed by atoms with Gasteiger partial charge in [-0.25, -0.2) is 14.6 Å². The molecule has 0 spiro atoms. The third kappa shape index (κ3) is 4.00. The lowest BCUT2D eigenvalue weighted by molar-refractivity contribution is 0.115. The largest absolute Gasteiger partial charge is 0.385 e. The van der Waals surface area contributed by atoms with Gasteiger partial charge in [-0.15, -0.1) is 0 Å². The van der Waals surface area contributed by atoms with Gasteiger partial charge in [0.1, 0.15) is 17.4 Å². The van der Waals surface area contributed by atoms with Gasteiger partial charge in [-0.05, 0) is 25.0 Å². The number of rotatable bonds is 5. The lowest BCUT2D eigenvalue weighted by Gasteiger charge is -2.29. The molecule has 4 aromatic rings. The van der Waals surface area contributed by atoms with Crippen LogP contribution in [0.5, 0.6) is 0 Å². The van der Waals surface area contributed by atoms with Crippen molar-refractivity contribution < 1.29 is 9.84 Å². The number of pyridine rings is 1. The van der Waals surface area contributed by atoms with Crippen LogP contribution in [0.25, 0.3) is 28.2 Å². The second-order valence-corrected chi connectivity index (χ2v) is 9.00. The summed E-state index contributed by atoms with van der Waals surface area (Å²) < 4.78 is 9.28. The number of hydrogen-bond donors (Lipinski definition) is 1. The molecule has 4 heterocycles. The highest BCUT2D eigenvalue weighted by Crippen LogP contribution is 2.32. The fourth-order valence-electron chi connectivity index (χ4n) is 4.27. The highest BCUT2D eigenvalue weighted by Gasteiger charge is 2.25. The Labute approximate surface area is 193 Å². The van der Waals surface area contributed by atoms with Crippen LogP contribution >= 0.6 is 0 Å². The molecule has 0 aliphatic carbocycles. The number of imidazole rings is 1. The van der Waals surface area contributed by atoms with Crippen LogP contribution in [0.1, 0.15) is 31.3 Å². The third-order valence-electron chi connectivity index (χ3n) is 6.21. The highest BCUT2D eigenvalue weighted by molar-refractivity contribution is 5.88. The van der Waals surface area contributed by atoms with Crippen LogP contribution in [0.4, 0.5) is 5.69 Å². The first-order valence-electron chi connectivity index (χ1n) is 11.4. The van der Waals surface area contributed by atoms with Crippen LogP contribution in [0.3, 0.4) is 0 Å². The van der Waals surface area contributed by atoms with Crippen molar-refractivity contribution in [3.8, 4) is 17.1 Å². The number of aliphatic hydroxyl groups excluding tert-OH is 1. The van der Waals surface area contributed by atoms with Crippen LogP contribution in [0.2, 0.25) is 0 Å². The summed E-state index contributed by atoms with van der Waals surface area (Å²) in [6, 6.07) is 12.4. The van der Waals surface area contributed by atoms with Gasteiger partial charge in [0.25, 0.3) is 0 Å². The maximum absolute atomic E-state index is 10.8. The number of hydrogen-bond acceptors (Lipinski definition) is 6. The molecule has 0 unspecified atom stereocenters. The Balaban J connectivity index is 1.64. The van der Waals surface area contributed by atoms with Crippen LogP contribution < -0.4 is 4.90 Å². The van der Waals surface area contributed by atoms with Gasteiger partial charge in [-0.1, -0.05) is 37.6 Å². The zero-order valence-electron chi connectivity index (χ0n) is 19.6. The SMILES string of the molecule is Cc1cccc(-c2ccn(-c3cc(N4CCOCC4)c4nc([C@H](O)C(C)C)n(C)c4n3)n2)c1. The molecule has 33 heavy (non-hydrogen) atoms. The number of nitrogens with zero attached hydrogens (tertiary/aromatic N) is 6. The van der Waals surface area contributed by atoms with Crippen molar-refractivity contribution in [2.75, 3.05) is 31.2 Å². The molecule has 5 rings (SSSR count). The van der Waals surface area contributed by atoms with Gasteiger partial charge in [-0.2, -0.15) is 5.10 Å². The minimum absolute atomic E-state index is 0.0508. The van der Waals surface area contributed by atoms with Gasteiger partial charge in [0.2, 0.25) is 0 Å². The molecule has 1 N–H and O–H groups in total. The topological polar surface area (TPSA) is 81.2 Å². The van der Waals surface area contributed by atoms with Crippen molar-refractivity contribution in [2.24, 2.45) is 13.0 Å². The van der Waals surface area contributed by atoms with Crippen LogP contribution in [-0.2, 0) is 11.8 Å². The summed E-state index contributed by atoms with van der Waals surface area (Å²) in [6.07, 6.45) is 1.28. The number of anilines is 1. The van der Waals surface area contributed by atoms with E-state index in [1.54, 1.807) is 0 Å². The number of aryl methyl sites for hydroxylation is 2. The molecular formula is C25H30N6O2. The molecule has 172 valence electrons. The normalized spacial score (nSPS) is 15.5. The highest BCUT2D eigenvalue weighted by atomic mass is 16.5. The third-order valence-corrected chi connectivity index (χ3v) is 6.21. The second kappa shape index (κ2) is 8.61. The number of aliphatic hydroxyl groups is 1. The Morgan fingerprint density at radius 3 is 2.58 bits per heavy atom. The predicted molar refractivity (Wildman–Crippen MR) is 129 cm³/mol. The molecule has 1 aliphatic rings. The summed E-state index contributed by atoms with van der Waals surface area (Å²) in [7, 11) is 1.91. The molecule has 0 saturated carbocycles. The minimum atomic E-state index is -0.664. The molecule has 1 aliphatic heterocycles. The van der Waals surface area contributed by atoms with E-state index in [0.29, 0.717) is 19.0 Å². The van der Waals surface area contributed by atoms with Gasteiger partial charge in [0, 0.05) is 38.0 Å². The van der Waals surface area contributed by atoms with Crippen molar-refractivity contribution in [2.45, 2.75) is 26.9 Å². The molecule has 8 nitrogen and oxygen atoms in total. The van der Waals surface area contributed by atoms with Crippen LogP contribution in [0, 0.1) is 12.8 Å². The average Bonchev–Trinajstić information content (AvgIpc) is 3.44. The smallest absolute Gasteiger partial charge is 0.164 e. The van der Waals surface area contributed by atoms with Crippen molar-refractivity contribution in [3.63, 3.8) is 0 Å². The van der Waals surface area contributed by atoms with E-state index in [9.17, 15) is 5.11 Å². The molecular weight excluding hydrogens is 416 g/mol. The van der Waals surface area contributed by atoms with Gasteiger partial charge < -0.3 is 19.3 Å². The van der Waals surface area contributed by atoms with E-state index in [-0.39, 0.29) is 5.92 Å². The zero-order valence-corrected chi connectivity index (χ0v) is 19.6. The number of aromatic nitrogens is 5. The summed E-state index contributed by atoms with van der Waals surface area (Å²) in [4.78, 5) is 12.0. The molecule has 0 bridgehead atoms. The first-order chi connectivity index (χ1) is 15.9. The van der Waals surface area contributed by atoms with Crippen LogP contribution in [0.15, 0.2) is 42.6 Å². The molecule has 1 saturated heterocycles. The minimum Gasteiger partial charge on any atom is -0.385 e. The summed E-state index contributed by atoms with van der Waals surface area (Å²) in [5.74, 6) is 1.39. The Hall–Kier alpha value is -3.23. The maximum atomic E-state index is 10.8. The first kappa shape index (κ1) is 21.6. The Kier molecular flexibility index (Phi) is 5.64. The van der Waals surface area contributed by atoms with Crippen molar-refractivity contribution >= 4 is 16.9 Å². The fourth-order valence-corrected chi connectivity index (χ4v) is 4.27. The van der Waals surface area contributed by atoms with Gasteiger partial charge in [0.15, 0.2) is 11.5 Å². The summed E-state index contributed by atoms with van der Waals surface area (Å²) in [6.45, 7) is 8.97. The maximum Gasteiger partial charge on any atom is 0.164 e. The van der Waals surface area contributed by atoms with E-state index < -0.39 is 6.10 Å². The molecule has 8 heteroatoms. The van der Waals surface area contributed by atoms with E-state index in [2.05, 4.69) is 30.0 Å². The number of fused-ring (bicyclic) bond motifs is 1. The Bertz CT molecular complexity index is 1290. The monoisotopic (exact) mass is 446 g/mol. The standard InChI is InChI=1S/C25H30N6O2/c1-16(2)23(32)25-27-22-20(30-10-12-33-13-11-30)15-21(26-24(22)29(25)4)31-9-8-19(28-31)18-7-5-6-17(3)14-18/h5-9,14-16,23,32H,10-13H2,1-4H3/t23-/m1/s1. The van der Waals surface area contributed by atoms with E-state index in [4.69, 9.17) is 19.8 Å². The van der Waals surface area contributed by atoms with E-state index in [1.165, 1.54) is 5.56 Å². The van der Waals surface area contributed by atoms with E-state index >= 15 is 0 Å². The van der Waals surface area contributed by atoms with E-state index in [1.807, 2.05) is 54.5 Å². The van der Waals surface area contributed by atoms with Crippen LogP contribution in [-0.4, -0.2) is 55.7 Å². The zero-order chi connectivity index (χ0) is 23.1. The van der Waals surface area contributed by atoms with Gasteiger partial charge in [-0.3, -0.25) is 0 Å². The number of morpholine rings is 1. The number of benzene rings is 1. The molecule has 0 amide bonds. The first-order valence-corrected chi connectivity index (χ1v) is 11.4. The summed E-state index contributed by atoms with van der Waals surface area (Å²) in [5, 5.41) is 15.6. The van der Waals surface area contributed by atoms with Crippen molar-refractivity contribution in [1.29, 1.82) is 0 Å². The second-order valence-electron chi connectivity index (χ2n) is 9.00.